The van der Waals surface area contributed by atoms with E-state index in [0.717, 1.165) is 36.0 Å². The fourth-order valence-electron chi connectivity index (χ4n) is 4.26. The lowest BCUT2D eigenvalue weighted by Gasteiger charge is -2.41. The van der Waals surface area contributed by atoms with Crippen molar-refractivity contribution in [3.05, 3.63) is 59.7 Å². The fraction of sp³-hybridized carbons (Fsp3) is 0.440. The van der Waals surface area contributed by atoms with E-state index in [9.17, 15) is 9.59 Å². The predicted octanol–water partition coefficient (Wildman–Crippen LogP) is 2.78. The first-order valence-electron chi connectivity index (χ1n) is 11.1. The van der Waals surface area contributed by atoms with E-state index in [1.165, 1.54) is 18.4 Å². The summed E-state index contributed by atoms with van der Waals surface area (Å²) < 4.78 is 6.42. The number of quaternary nitrogens is 1. The minimum Gasteiger partial charge on any atom is -1.00 e. The van der Waals surface area contributed by atoms with Gasteiger partial charge in [-0.3, -0.25) is 9.59 Å². The van der Waals surface area contributed by atoms with Gasteiger partial charge < -0.3 is 31.5 Å². The number of carbonyl (C=O) groups excluding carboxylic acids is 2. The van der Waals surface area contributed by atoms with E-state index in [-0.39, 0.29) is 39.3 Å². The van der Waals surface area contributed by atoms with Crippen LogP contribution in [0.1, 0.15) is 54.2 Å². The summed E-state index contributed by atoms with van der Waals surface area (Å²) >= 11 is 2.52. The normalized spacial score (nSPS) is 16.2. The molecule has 5 nitrogen and oxygen atoms in total. The van der Waals surface area contributed by atoms with Gasteiger partial charge in [-0.2, -0.15) is 0 Å². The van der Waals surface area contributed by atoms with Crippen molar-refractivity contribution in [3.63, 3.8) is 0 Å². The van der Waals surface area contributed by atoms with Gasteiger partial charge in [0, 0.05) is 12.0 Å². The number of nitrogens with zero attached hydrogens (tertiary/aromatic N) is 1. The van der Waals surface area contributed by atoms with Crippen LogP contribution in [-0.4, -0.2) is 36.0 Å². The highest BCUT2D eigenvalue weighted by Crippen LogP contribution is 2.38. The first-order valence-corrected chi connectivity index (χ1v) is 12.3. The number of nitrogens with one attached hydrogen (secondary N) is 1. The molecule has 0 saturated carbocycles. The molecular formula is C25H32BrIN2O3. The first-order chi connectivity index (χ1) is 14.9. The summed E-state index contributed by atoms with van der Waals surface area (Å²) in [4.78, 5) is 25.2. The molecule has 1 amide bonds. The highest BCUT2D eigenvalue weighted by atomic mass is 127. The monoisotopic (exact) mass is 614 g/mol. The lowest BCUT2D eigenvalue weighted by molar-refractivity contribution is -0.930. The third-order valence-electron chi connectivity index (χ3n) is 5.98. The number of anilines is 1. The zero-order valence-electron chi connectivity index (χ0n) is 18.8. The number of hydrogen-bond acceptors (Lipinski definition) is 3. The van der Waals surface area contributed by atoms with E-state index in [4.69, 9.17) is 4.74 Å². The van der Waals surface area contributed by atoms with Crippen LogP contribution in [-0.2, 0) is 9.59 Å². The molecule has 1 aliphatic heterocycles. The van der Waals surface area contributed by atoms with Gasteiger partial charge in [-0.1, -0.05) is 49.4 Å². The summed E-state index contributed by atoms with van der Waals surface area (Å²) in [6.45, 7) is 6.05. The topological polar surface area (TPSA) is 55.4 Å². The van der Waals surface area contributed by atoms with Crippen molar-refractivity contribution in [2.45, 2.75) is 50.0 Å². The van der Waals surface area contributed by atoms with Crippen LogP contribution >= 0.6 is 22.6 Å². The van der Waals surface area contributed by atoms with Gasteiger partial charge in [0.2, 0.25) is 0 Å². The van der Waals surface area contributed by atoms with E-state index in [1.807, 2.05) is 25.1 Å². The molecule has 2 aromatic carbocycles. The Morgan fingerprint density at radius 2 is 1.69 bits per heavy atom. The highest BCUT2D eigenvalue weighted by Gasteiger charge is 2.39. The van der Waals surface area contributed by atoms with Gasteiger partial charge in [-0.25, -0.2) is 0 Å². The molecule has 7 heteroatoms. The maximum absolute atomic E-state index is 13.3. The Morgan fingerprint density at radius 3 is 2.31 bits per heavy atom. The van der Waals surface area contributed by atoms with Crippen LogP contribution in [0.25, 0.3) is 0 Å². The van der Waals surface area contributed by atoms with Crippen molar-refractivity contribution >= 4 is 40.2 Å². The molecular weight excluding hydrogens is 583 g/mol. The Balaban J connectivity index is 0.00000363. The summed E-state index contributed by atoms with van der Waals surface area (Å²) in [5, 5.41) is 3.07. The number of carbonyl (C=O) groups is 2. The molecule has 1 unspecified atom stereocenters. The van der Waals surface area contributed by atoms with Crippen molar-refractivity contribution in [1.29, 1.82) is 0 Å². The second-order valence-electron chi connectivity index (χ2n) is 8.31. The first kappa shape index (κ1) is 26.8. The lowest BCUT2D eigenvalue weighted by atomic mass is 10.1. The Kier molecular flexibility index (Phi) is 10.6. The third-order valence-corrected chi connectivity index (χ3v) is 7.88. The van der Waals surface area contributed by atoms with Crippen LogP contribution in [0.15, 0.2) is 48.5 Å². The number of amides is 1. The second kappa shape index (κ2) is 12.7. The average Bonchev–Trinajstić information content (AvgIpc) is 3.02. The Hall–Kier alpha value is -1.45. The number of alkyl halides is 1. The Bertz CT molecular complexity index is 899. The van der Waals surface area contributed by atoms with Crippen LogP contribution in [0.2, 0.25) is 0 Å². The number of likely N-dealkylation sites (tertiary alicyclic amines) is 1. The Morgan fingerprint density at radius 1 is 1.03 bits per heavy atom. The SMILES string of the molecule is CCC(=O)Oc1cccc(C)c1NC(=O)C[N+]1(C(I)c2ccccc2)CCCCCC1.[Br-]. The number of hydrogen-bond donors (Lipinski definition) is 1. The van der Waals surface area contributed by atoms with Crippen LogP contribution in [0.3, 0.4) is 0 Å². The van der Waals surface area contributed by atoms with Crippen molar-refractivity contribution in [2.75, 3.05) is 25.0 Å². The summed E-state index contributed by atoms with van der Waals surface area (Å²) in [6.07, 6.45) is 4.98. The van der Waals surface area contributed by atoms with Gasteiger partial charge in [0.15, 0.2) is 16.3 Å². The number of para-hydroxylation sites is 1. The maximum atomic E-state index is 13.3. The summed E-state index contributed by atoms with van der Waals surface area (Å²) in [5.41, 5.74) is 2.73. The standard InChI is InChI=1S/C25H31IN2O3.BrH/c1-3-23(30)31-21-15-11-12-19(2)24(21)27-22(29)18-28(16-9-4-5-10-17-28)25(26)20-13-7-6-8-14-20;/h6-8,11-15,25H,3-5,9-10,16-18H2,1-2H3;1H. The van der Waals surface area contributed by atoms with Crippen molar-refractivity contribution in [1.82, 2.24) is 0 Å². The largest absolute Gasteiger partial charge is 1.00 e. The molecule has 1 N–H and O–H groups in total. The molecule has 1 saturated heterocycles. The molecule has 1 atom stereocenters. The summed E-state index contributed by atoms with van der Waals surface area (Å²) in [7, 11) is 0. The minimum atomic E-state index is -0.312. The molecule has 0 bridgehead atoms. The Labute approximate surface area is 215 Å². The average molecular weight is 615 g/mol. The molecule has 1 aliphatic rings. The number of halogens is 2. The number of ether oxygens (including phenoxy) is 1. The smallest absolute Gasteiger partial charge is 0.310 e. The van der Waals surface area contributed by atoms with Crippen LogP contribution in [0.4, 0.5) is 5.69 Å². The molecule has 0 aromatic heterocycles. The van der Waals surface area contributed by atoms with Gasteiger partial charge in [0.25, 0.3) is 5.91 Å². The van der Waals surface area contributed by atoms with Crippen molar-refractivity contribution in [3.8, 4) is 5.75 Å². The van der Waals surface area contributed by atoms with Gasteiger partial charge in [0.1, 0.15) is 0 Å². The van der Waals surface area contributed by atoms with Crippen LogP contribution in [0.5, 0.6) is 5.75 Å². The van der Waals surface area contributed by atoms with Crippen molar-refractivity contribution in [2.24, 2.45) is 0 Å². The van der Waals surface area contributed by atoms with E-state index >= 15 is 0 Å². The fourth-order valence-corrected chi connectivity index (χ4v) is 5.43. The number of rotatable bonds is 7. The lowest BCUT2D eigenvalue weighted by Crippen LogP contribution is -3.00. The van der Waals surface area contributed by atoms with Gasteiger partial charge in [-0.05, 0) is 66.8 Å². The maximum Gasteiger partial charge on any atom is 0.310 e. The summed E-state index contributed by atoms with van der Waals surface area (Å²) in [6, 6.07) is 16.0. The summed E-state index contributed by atoms with van der Waals surface area (Å²) in [5.74, 6) is 0.0628. The molecule has 3 rings (SSSR count). The molecule has 174 valence electrons. The van der Waals surface area contributed by atoms with Crippen LogP contribution < -0.4 is 27.0 Å². The van der Waals surface area contributed by atoms with Gasteiger partial charge in [-0.15, -0.1) is 0 Å². The third kappa shape index (κ3) is 6.78. The molecule has 1 heterocycles. The molecule has 32 heavy (non-hydrogen) atoms. The quantitative estimate of drug-likeness (QED) is 0.130. The van der Waals surface area contributed by atoms with Gasteiger partial charge in [0.05, 0.1) is 18.8 Å². The van der Waals surface area contributed by atoms with E-state index in [0.29, 0.717) is 18.0 Å². The number of benzene rings is 2. The van der Waals surface area contributed by atoms with Crippen LogP contribution in [0, 0.1) is 6.92 Å². The second-order valence-corrected chi connectivity index (χ2v) is 9.49. The molecule has 0 radical (unpaired) electrons. The molecule has 1 fully saturated rings. The molecule has 0 aliphatic carbocycles. The van der Waals surface area contributed by atoms with Crippen molar-refractivity contribution < 1.29 is 35.8 Å². The number of esters is 1. The highest BCUT2D eigenvalue weighted by molar-refractivity contribution is 14.1. The van der Waals surface area contributed by atoms with E-state index in [2.05, 4.69) is 52.2 Å². The zero-order valence-corrected chi connectivity index (χ0v) is 22.5. The minimum absolute atomic E-state index is 0. The zero-order chi connectivity index (χ0) is 22.3. The molecule has 2 aromatic rings. The van der Waals surface area contributed by atoms with E-state index < -0.39 is 0 Å². The van der Waals surface area contributed by atoms with E-state index in [1.54, 1.807) is 13.0 Å². The predicted molar refractivity (Wildman–Crippen MR) is 132 cm³/mol. The number of aryl methyl sites for hydroxylation is 1. The molecule has 0 spiro atoms. The van der Waals surface area contributed by atoms with Gasteiger partial charge >= 0.3 is 5.97 Å².